The number of nitrogens with zero attached hydrogens (tertiary/aromatic N) is 4. The smallest absolute Gasteiger partial charge is 0.274 e. The van der Waals surface area contributed by atoms with Crippen molar-refractivity contribution in [2.24, 2.45) is 0 Å². The van der Waals surface area contributed by atoms with Crippen LogP contribution in [0.4, 0.5) is 0 Å². The predicted molar refractivity (Wildman–Crippen MR) is 109 cm³/mol. The van der Waals surface area contributed by atoms with E-state index in [-0.39, 0.29) is 42.8 Å². The van der Waals surface area contributed by atoms with Crippen molar-refractivity contribution >= 4 is 52.3 Å². The number of imidazole rings is 1. The maximum absolute atomic E-state index is 12.7. The summed E-state index contributed by atoms with van der Waals surface area (Å²) in [6.45, 7) is 2.78. The molecule has 1 aliphatic heterocycles. The van der Waals surface area contributed by atoms with Crippen molar-refractivity contribution in [3.63, 3.8) is 0 Å². The third-order valence-electron chi connectivity index (χ3n) is 4.23. The molecule has 146 valence electrons. The fraction of sp³-hybridized carbons (Fsp3) is 0.375. The SMILES string of the molecule is CN(Cc1nc2ccsc2c(=O)[nH]1)C(=O)c1cn2c(n1)CCNCC2.Cl.Cl. The standard InChI is InChI=1S/C16H18N6O2S.2ClH/c1-21(9-12-18-10-3-7-25-14(10)15(23)20-12)16(24)11-8-22-6-5-17-4-2-13(22)19-11;;/h3,7-8,17H,2,4-6,9H2,1H3,(H,18,20,23);2*1H. The molecule has 8 nitrogen and oxygen atoms in total. The number of hydrogen-bond donors (Lipinski definition) is 2. The Morgan fingerprint density at radius 2 is 2.15 bits per heavy atom. The predicted octanol–water partition coefficient (Wildman–Crippen LogP) is 1.44. The molecule has 11 heteroatoms. The minimum absolute atomic E-state index is 0. The largest absolute Gasteiger partial charge is 0.333 e. The Balaban J connectivity index is 0.00000131. The van der Waals surface area contributed by atoms with Crippen molar-refractivity contribution in [1.82, 2.24) is 29.7 Å². The minimum Gasteiger partial charge on any atom is -0.333 e. The van der Waals surface area contributed by atoms with E-state index in [0.717, 1.165) is 31.9 Å². The summed E-state index contributed by atoms with van der Waals surface area (Å²) in [6, 6.07) is 1.81. The molecule has 0 fully saturated rings. The van der Waals surface area contributed by atoms with Crippen molar-refractivity contribution in [3.05, 3.63) is 45.3 Å². The lowest BCUT2D eigenvalue weighted by atomic mass is 10.3. The lowest BCUT2D eigenvalue weighted by molar-refractivity contribution is 0.0776. The van der Waals surface area contributed by atoms with E-state index in [9.17, 15) is 9.59 Å². The highest BCUT2D eigenvalue weighted by Crippen LogP contribution is 2.15. The topological polar surface area (TPSA) is 95.9 Å². The first-order valence-electron chi connectivity index (χ1n) is 8.10. The summed E-state index contributed by atoms with van der Waals surface area (Å²) in [5.74, 6) is 1.21. The van der Waals surface area contributed by atoms with Crippen LogP contribution in [0.25, 0.3) is 10.2 Å². The van der Waals surface area contributed by atoms with Crippen LogP contribution in [0.15, 0.2) is 22.4 Å². The van der Waals surface area contributed by atoms with Crippen LogP contribution in [0, 0.1) is 0 Å². The molecule has 0 unspecified atom stereocenters. The average Bonchev–Trinajstić information content (AvgIpc) is 3.16. The summed E-state index contributed by atoms with van der Waals surface area (Å²) in [5, 5.41) is 5.14. The Morgan fingerprint density at radius 1 is 1.33 bits per heavy atom. The van der Waals surface area contributed by atoms with Crippen LogP contribution >= 0.6 is 36.2 Å². The van der Waals surface area contributed by atoms with Gasteiger partial charge in [0.2, 0.25) is 0 Å². The molecular weight excluding hydrogens is 411 g/mol. The number of H-pyrrole nitrogens is 1. The van der Waals surface area contributed by atoms with Gasteiger partial charge in [-0.15, -0.1) is 36.2 Å². The molecule has 0 bridgehead atoms. The Kier molecular flexibility index (Phi) is 6.99. The number of aromatic nitrogens is 4. The van der Waals surface area contributed by atoms with Gasteiger partial charge in [-0.2, -0.15) is 0 Å². The van der Waals surface area contributed by atoms with Gasteiger partial charge in [-0.05, 0) is 11.4 Å². The van der Waals surface area contributed by atoms with Crippen LogP contribution in [0.2, 0.25) is 0 Å². The lowest BCUT2D eigenvalue weighted by Gasteiger charge is -2.15. The van der Waals surface area contributed by atoms with Crippen LogP contribution in [0.5, 0.6) is 0 Å². The zero-order valence-corrected chi connectivity index (χ0v) is 17.0. The van der Waals surface area contributed by atoms with Crippen LogP contribution in [0.3, 0.4) is 0 Å². The third-order valence-corrected chi connectivity index (χ3v) is 5.13. The maximum Gasteiger partial charge on any atom is 0.274 e. The van der Waals surface area contributed by atoms with Gasteiger partial charge >= 0.3 is 0 Å². The van der Waals surface area contributed by atoms with E-state index in [2.05, 4.69) is 20.3 Å². The Morgan fingerprint density at radius 3 is 2.96 bits per heavy atom. The molecule has 0 aromatic carbocycles. The first kappa shape index (κ1) is 21.4. The van der Waals surface area contributed by atoms with E-state index >= 15 is 0 Å². The van der Waals surface area contributed by atoms with Crippen molar-refractivity contribution in [3.8, 4) is 0 Å². The number of aromatic amines is 1. The van der Waals surface area contributed by atoms with Gasteiger partial charge in [-0.25, -0.2) is 9.97 Å². The number of carbonyl (C=O) groups excluding carboxylic acids is 1. The van der Waals surface area contributed by atoms with E-state index in [1.54, 1.807) is 19.3 Å². The van der Waals surface area contributed by atoms with Crippen molar-refractivity contribution < 1.29 is 4.79 Å². The normalized spacial score (nSPS) is 13.2. The number of hydrogen-bond acceptors (Lipinski definition) is 6. The van der Waals surface area contributed by atoms with E-state index in [4.69, 9.17) is 0 Å². The minimum atomic E-state index is -0.179. The Labute approximate surface area is 171 Å². The van der Waals surface area contributed by atoms with Gasteiger partial charge in [0, 0.05) is 39.3 Å². The van der Waals surface area contributed by atoms with Gasteiger partial charge in [0.1, 0.15) is 22.0 Å². The molecule has 4 rings (SSSR count). The second kappa shape index (κ2) is 8.83. The molecular formula is C16H20Cl2N6O2S. The van der Waals surface area contributed by atoms with Crippen LogP contribution in [-0.4, -0.2) is 50.5 Å². The number of rotatable bonds is 3. The molecule has 0 saturated heterocycles. The van der Waals surface area contributed by atoms with E-state index in [1.165, 1.54) is 16.2 Å². The van der Waals surface area contributed by atoms with Crippen LogP contribution in [-0.2, 0) is 19.5 Å². The summed E-state index contributed by atoms with van der Waals surface area (Å²) in [6.07, 6.45) is 2.61. The third kappa shape index (κ3) is 4.32. The van der Waals surface area contributed by atoms with Crippen molar-refractivity contribution in [2.45, 2.75) is 19.5 Å². The monoisotopic (exact) mass is 430 g/mol. The van der Waals surface area contributed by atoms with Gasteiger partial charge in [0.05, 0.1) is 12.1 Å². The molecule has 0 saturated carbocycles. The average molecular weight is 431 g/mol. The molecule has 2 N–H and O–H groups in total. The summed E-state index contributed by atoms with van der Waals surface area (Å²) in [7, 11) is 1.69. The van der Waals surface area contributed by atoms with E-state index in [0.29, 0.717) is 21.7 Å². The lowest BCUT2D eigenvalue weighted by Crippen LogP contribution is -2.28. The van der Waals surface area contributed by atoms with Gasteiger partial charge in [-0.1, -0.05) is 0 Å². The first-order chi connectivity index (χ1) is 12.1. The van der Waals surface area contributed by atoms with Gasteiger partial charge in [0.15, 0.2) is 0 Å². The number of amides is 1. The molecule has 3 aromatic heterocycles. The molecule has 0 radical (unpaired) electrons. The van der Waals surface area contributed by atoms with Crippen molar-refractivity contribution in [2.75, 3.05) is 20.1 Å². The van der Waals surface area contributed by atoms with E-state index in [1.807, 2.05) is 9.95 Å². The maximum atomic E-state index is 12.7. The number of halogens is 2. The highest BCUT2D eigenvalue weighted by molar-refractivity contribution is 7.17. The number of carbonyl (C=O) groups is 1. The van der Waals surface area contributed by atoms with Gasteiger partial charge in [-0.3, -0.25) is 9.59 Å². The number of nitrogens with one attached hydrogen (secondary N) is 2. The summed E-state index contributed by atoms with van der Waals surface area (Å²) in [5.41, 5.74) is 0.918. The second-order valence-corrected chi connectivity index (χ2v) is 6.96. The zero-order chi connectivity index (χ0) is 17.4. The molecule has 0 aliphatic carbocycles. The van der Waals surface area contributed by atoms with Crippen molar-refractivity contribution in [1.29, 1.82) is 0 Å². The fourth-order valence-electron chi connectivity index (χ4n) is 2.96. The second-order valence-electron chi connectivity index (χ2n) is 6.04. The van der Waals surface area contributed by atoms with Gasteiger partial charge in [0.25, 0.3) is 11.5 Å². The molecule has 27 heavy (non-hydrogen) atoms. The van der Waals surface area contributed by atoms with Crippen LogP contribution in [0.1, 0.15) is 22.1 Å². The quantitative estimate of drug-likeness (QED) is 0.655. The van der Waals surface area contributed by atoms with Crippen LogP contribution < -0.4 is 10.9 Å². The molecule has 0 atom stereocenters. The Hall–Kier alpha value is -1.94. The molecule has 1 amide bonds. The Bertz CT molecular complexity index is 975. The summed E-state index contributed by atoms with van der Waals surface area (Å²) < 4.78 is 2.63. The zero-order valence-electron chi connectivity index (χ0n) is 14.6. The molecule has 0 spiro atoms. The fourth-order valence-corrected chi connectivity index (χ4v) is 3.69. The number of thiophene rings is 1. The van der Waals surface area contributed by atoms with E-state index < -0.39 is 0 Å². The number of fused-ring (bicyclic) bond motifs is 2. The molecule has 1 aliphatic rings. The summed E-state index contributed by atoms with van der Waals surface area (Å²) in [4.78, 5) is 37.9. The molecule has 3 aromatic rings. The highest BCUT2D eigenvalue weighted by atomic mass is 35.5. The molecule has 4 heterocycles. The highest BCUT2D eigenvalue weighted by Gasteiger charge is 2.20. The van der Waals surface area contributed by atoms with Gasteiger partial charge < -0.3 is 19.8 Å². The first-order valence-corrected chi connectivity index (χ1v) is 8.98. The summed E-state index contributed by atoms with van der Waals surface area (Å²) >= 11 is 1.36.